The summed E-state index contributed by atoms with van der Waals surface area (Å²) in [6.07, 6.45) is 2.99. The summed E-state index contributed by atoms with van der Waals surface area (Å²) in [6, 6.07) is 33.1. The van der Waals surface area contributed by atoms with Crippen LogP contribution in [0.15, 0.2) is 103 Å². The summed E-state index contributed by atoms with van der Waals surface area (Å²) < 4.78 is 13.9. The molecule has 2 aromatic heterocycles. The van der Waals surface area contributed by atoms with Crippen LogP contribution in [0.1, 0.15) is 55.2 Å². The van der Waals surface area contributed by atoms with E-state index in [4.69, 9.17) is 14.5 Å². The number of nitrogens with one attached hydrogen (secondary N) is 1. The number of fused-ring (bicyclic) bond motifs is 1. The number of methoxy groups -OCH3 is 1. The highest BCUT2D eigenvalue weighted by Crippen LogP contribution is 2.46. The second kappa shape index (κ2) is 11.0. The molecule has 0 unspecified atom stereocenters. The third-order valence-corrected chi connectivity index (χ3v) is 8.76. The fourth-order valence-corrected chi connectivity index (χ4v) is 6.31. The van der Waals surface area contributed by atoms with Gasteiger partial charge in [-0.15, -0.1) is 0 Å². The monoisotopic (exact) mass is 548 g/mol. The van der Waals surface area contributed by atoms with Crippen LogP contribution in [-0.2, 0) is 10.3 Å². The summed E-state index contributed by atoms with van der Waals surface area (Å²) >= 11 is 0. The maximum atomic E-state index is 10.2. The van der Waals surface area contributed by atoms with Gasteiger partial charge < -0.3 is 19.9 Å². The van der Waals surface area contributed by atoms with Crippen LogP contribution in [0.25, 0.3) is 5.52 Å². The number of nitrogens with zero attached hydrogens (tertiary/aromatic N) is 3. The van der Waals surface area contributed by atoms with Crippen molar-refractivity contribution in [3.8, 4) is 5.75 Å². The summed E-state index contributed by atoms with van der Waals surface area (Å²) in [5.41, 5.74) is 3.69. The van der Waals surface area contributed by atoms with Crippen LogP contribution < -0.4 is 10.1 Å². The largest absolute Gasteiger partial charge is 0.497 e. The van der Waals surface area contributed by atoms with Gasteiger partial charge in [0.25, 0.3) is 0 Å². The standard InChI is InChI=1S/C34H36N4O3/c1-4-33(22-39)24(2)21-31(41-33)29-19-20-30-32(35-23-36-38(29)30)37-34(25-11-7-5-8-12-25,26-13-9-6-10-14-26)27-15-17-28(40-3)18-16-27/h5-20,23-24,31,39H,4,21-22H2,1-3H3,(H,35,36,37)/t24-,31+,33+/m0/s1. The molecule has 210 valence electrons. The molecule has 6 rings (SSSR count). The van der Waals surface area contributed by atoms with E-state index in [1.807, 2.05) is 34.8 Å². The number of rotatable bonds is 9. The molecule has 1 fully saturated rings. The van der Waals surface area contributed by atoms with Crippen molar-refractivity contribution in [1.29, 1.82) is 0 Å². The van der Waals surface area contributed by atoms with Crippen molar-refractivity contribution in [2.24, 2.45) is 5.92 Å². The fraction of sp³-hybridized carbons (Fsp3) is 0.294. The van der Waals surface area contributed by atoms with Crippen molar-refractivity contribution in [2.45, 2.75) is 43.9 Å². The topological polar surface area (TPSA) is 80.9 Å². The molecule has 0 radical (unpaired) electrons. The Morgan fingerprint density at radius 2 is 1.59 bits per heavy atom. The van der Waals surface area contributed by atoms with E-state index < -0.39 is 11.1 Å². The predicted molar refractivity (Wildman–Crippen MR) is 160 cm³/mol. The first-order valence-corrected chi connectivity index (χ1v) is 14.2. The van der Waals surface area contributed by atoms with E-state index in [9.17, 15) is 5.11 Å². The Balaban J connectivity index is 1.50. The van der Waals surface area contributed by atoms with Crippen LogP contribution in [0.2, 0.25) is 0 Å². The Kier molecular flexibility index (Phi) is 7.24. The zero-order valence-corrected chi connectivity index (χ0v) is 23.7. The molecule has 3 heterocycles. The molecule has 0 spiro atoms. The zero-order valence-electron chi connectivity index (χ0n) is 23.7. The van der Waals surface area contributed by atoms with Crippen LogP contribution in [0, 0.1) is 5.92 Å². The number of benzene rings is 3. The van der Waals surface area contributed by atoms with Gasteiger partial charge >= 0.3 is 0 Å². The molecule has 0 aliphatic carbocycles. The van der Waals surface area contributed by atoms with Gasteiger partial charge in [0.1, 0.15) is 29.2 Å². The van der Waals surface area contributed by atoms with Crippen molar-refractivity contribution in [1.82, 2.24) is 14.6 Å². The highest BCUT2D eigenvalue weighted by molar-refractivity contribution is 5.72. The number of anilines is 1. The minimum absolute atomic E-state index is 0.00476. The van der Waals surface area contributed by atoms with Crippen molar-refractivity contribution >= 4 is 11.3 Å². The van der Waals surface area contributed by atoms with E-state index in [1.54, 1.807) is 13.4 Å². The van der Waals surface area contributed by atoms with E-state index >= 15 is 0 Å². The average molecular weight is 549 g/mol. The van der Waals surface area contributed by atoms with Gasteiger partial charge in [0.15, 0.2) is 5.82 Å². The Morgan fingerprint density at radius 1 is 0.951 bits per heavy atom. The molecular weight excluding hydrogens is 512 g/mol. The molecule has 1 saturated heterocycles. The molecule has 1 aliphatic rings. The van der Waals surface area contributed by atoms with Gasteiger partial charge in [-0.05, 0) is 59.7 Å². The molecule has 41 heavy (non-hydrogen) atoms. The summed E-state index contributed by atoms with van der Waals surface area (Å²) in [7, 11) is 1.68. The smallest absolute Gasteiger partial charge is 0.155 e. The van der Waals surface area contributed by atoms with Crippen molar-refractivity contribution in [2.75, 3.05) is 19.0 Å². The SMILES string of the molecule is CC[C@]1(CO)O[C@@H](c2ccc3c(NC(c4ccccc4)(c4ccccc4)c4ccc(OC)cc4)ncnn23)C[C@@H]1C. The van der Waals surface area contributed by atoms with Crippen molar-refractivity contribution < 1.29 is 14.6 Å². The number of hydrogen-bond acceptors (Lipinski definition) is 6. The molecule has 7 heteroatoms. The van der Waals surface area contributed by atoms with Crippen molar-refractivity contribution in [3.05, 3.63) is 126 Å². The highest BCUT2D eigenvalue weighted by Gasteiger charge is 2.46. The van der Waals surface area contributed by atoms with Crippen LogP contribution in [-0.4, -0.2) is 39.0 Å². The first kappa shape index (κ1) is 27.0. The summed E-state index contributed by atoms with van der Waals surface area (Å²) in [4.78, 5) is 4.77. The predicted octanol–water partition coefficient (Wildman–Crippen LogP) is 6.38. The average Bonchev–Trinajstić information content (AvgIpc) is 3.62. The Bertz CT molecular complexity index is 1560. The molecule has 7 nitrogen and oxygen atoms in total. The van der Waals surface area contributed by atoms with Crippen LogP contribution >= 0.6 is 0 Å². The first-order chi connectivity index (χ1) is 20.0. The minimum atomic E-state index is -0.763. The molecule has 0 saturated carbocycles. The highest BCUT2D eigenvalue weighted by atomic mass is 16.5. The van der Waals surface area contributed by atoms with Gasteiger partial charge in [0.2, 0.25) is 0 Å². The Labute approximate surface area is 240 Å². The lowest BCUT2D eigenvalue weighted by Crippen LogP contribution is -2.38. The summed E-state index contributed by atoms with van der Waals surface area (Å²) in [6.45, 7) is 4.23. The van der Waals surface area contributed by atoms with E-state index in [0.717, 1.165) is 46.5 Å². The normalized spacial score (nSPS) is 20.8. The molecule has 1 aliphatic heterocycles. The fourth-order valence-electron chi connectivity index (χ4n) is 6.31. The van der Waals surface area contributed by atoms with Gasteiger partial charge in [-0.1, -0.05) is 86.6 Å². The van der Waals surface area contributed by atoms with Crippen molar-refractivity contribution in [3.63, 3.8) is 0 Å². The second-order valence-corrected chi connectivity index (χ2v) is 10.8. The molecular formula is C34H36N4O3. The summed E-state index contributed by atoms with van der Waals surface area (Å²) in [5, 5.41) is 18.7. The third-order valence-electron chi connectivity index (χ3n) is 8.76. The first-order valence-electron chi connectivity index (χ1n) is 14.2. The number of ether oxygens (including phenoxy) is 2. The summed E-state index contributed by atoms with van der Waals surface area (Å²) in [5.74, 6) is 1.72. The second-order valence-electron chi connectivity index (χ2n) is 10.8. The third kappa shape index (κ3) is 4.55. The number of aliphatic hydroxyl groups excluding tert-OH is 1. The number of aromatic nitrogens is 3. The quantitative estimate of drug-likeness (QED) is 0.208. The number of hydrogen-bond donors (Lipinski definition) is 2. The van der Waals surface area contributed by atoms with Crippen LogP contribution in [0.3, 0.4) is 0 Å². The van der Waals surface area contributed by atoms with E-state index in [0.29, 0.717) is 5.82 Å². The Morgan fingerprint density at radius 3 is 2.15 bits per heavy atom. The van der Waals surface area contributed by atoms with Gasteiger partial charge in [-0.3, -0.25) is 0 Å². The van der Waals surface area contributed by atoms with E-state index in [1.165, 1.54) is 0 Å². The minimum Gasteiger partial charge on any atom is -0.497 e. The number of aliphatic hydroxyl groups is 1. The lowest BCUT2D eigenvalue weighted by Gasteiger charge is -2.37. The maximum Gasteiger partial charge on any atom is 0.155 e. The molecule has 2 N–H and O–H groups in total. The van der Waals surface area contributed by atoms with Crippen LogP contribution in [0.5, 0.6) is 5.75 Å². The van der Waals surface area contributed by atoms with E-state index in [2.05, 4.69) is 91.0 Å². The Hall–Kier alpha value is -4.20. The zero-order chi connectivity index (χ0) is 28.5. The lowest BCUT2D eigenvalue weighted by molar-refractivity contribution is -0.0925. The molecule has 5 aromatic rings. The molecule has 0 amide bonds. The molecule has 3 aromatic carbocycles. The molecule has 3 atom stereocenters. The van der Waals surface area contributed by atoms with Gasteiger partial charge in [0.05, 0.1) is 25.0 Å². The van der Waals surface area contributed by atoms with Gasteiger partial charge in [-0.2, -0.15) is 5.10 Å². The van der Waals surface area contributed by atoms with E-state index in [-0.39, 0.29) is 18.6 Å². The molecule has 0 bridgehead atoms. The lowest BCUT2D eigenvalue weighted by atomic mass is 9.77. The van der Waals surface area contributed by atoms with Crippen LogP contribution in [0.4, 0.5) is 5.82 Å². The maximum absolute atomic E-state index is 10.2. The van der Waals surface area contributed by atoms with Gasteiger partial charge in [-0.25, -0.2) is 9.50 Å². The van der Waals surface area contributed by atoms with Gasteiger partial charge in [0, 0.05) is 0 Å².